The molecular weight excluding hydrogens is 274 g/mol. The second kappa shape index (κ2) is 5.04. The zero-order chi connectivity index (χ0) is 14.3. The van der Waals surface area contributed by atoms with Gasteiger partial charge in [0.25, 0.3) is 0 Å². The second-order valence-corrected chi connectivity index (χ2v) is 8.04. The van der Waals surface area contributed by atoms with Gasteiger partial charge in [-0.15, -0.1) is 0 Å². The van der Waals surface area contributed by atoms with Crippen molar-refractivity contribution >= 4 is 15.5 Å². The van der Waals surface area contributed by atoms with Gasteiger partial charge in [-0.3, -0.25) is 0 Å². The minimum Gasteiger partial charge on any atom is -0.393 e. The van der Waals surface area contributed by atoms with Crippen LogP contribution in [0.1, 0.15) is 32.6 Å². The summed E-state index contributed by atoms with van der Waals surface area (Å²) in [7, 11) is -3.21. The van der Waals surface area contributed by atoms with Gasteiger partial charge in [0.2, 0.25) is 0 Å². The average molecular weight is 295 g/mol. The number of hydrogen-bond donors (Lipinski definition) is 1. The van der Waals surface area contributed by atoms with Crippen LogP contribution in [0.4, 0.5) is 5.69 Å². The van der Waals surface area contributed by atoms with Crippen LogP contribution >= 0.6 is 0 Å². The van der Waals surface area contributed by atoms with Crippen LogP contribution < -0.4 is 4.90 Å². The summed E-state index contributed by atoms with van der Waals surface area (Å²) in [6.45, 7) is 1.68. The maximum absolute atomic E-state index is 12.3. The van der Waals surface area contributed by atoms with Crippen LogP contribution in [0.3, 0.4) is 0 Å². The van der Waals surface area contributed by atoms with Gasteiger partial charge in [-0.05, 0) is 37.8 Å². The van der Waals surface area contributed by atoms with E-state index < -0.39 is 9.84 Å². The van der Waals surface area contributed by atoms with Gasteiger partial charge in [0.1, 0.15) is 0 Å². The van der Waals surface area contributed by atoms with E-state index in [1.807, 2.05) is 12.1 Å². The maximum Gasteiger partial charge on any atom is 0.180 e. The zero-order valence-corrected chi connectivity index (χ0v) is 12.5. The number of fused-ring (bicyclic) bond motifs is 2. The van der Waals surface area contributed by atoms with Gasteiger partial charge in [0.15, 0.2) is 9.84 Å². The number of para-hydroxylation sites is 1. The standard InChI is InChI=1S/C15H21NO3S/c1-2-20(18,19)15-6-4-3-5-14(15)16-11-7-8-12(16)10-13(17)9-11/h3-6,11-13,17H,2,7-10H2,1H3. The number of rotatable bonds is 3. The lowest BCUT2D eigenvalue weighted by Gasteiger charge is -2.39. The topological polar surface area (TPSA) is 57.6 Å². The molecule has 0 radical (unpaired) electrons. The van der Waals surface area contributed by atoms with E-state index in [0.717, 1.165) is 31.4 Å². The minimum atomic E-state index is -3.21. The Morgan fingerprint density at radius 1 is 1.20 bits per heavy atom. The van der Waals surface area contributed by atoms with Crippen LogP contribution in [0.2, 0.25) is 0 Å². The number of nitrogens with zero attached hydrogens (tertiary/aromatic N) is 1. The van der Waals surface area contributed by atoms with E-state index in [1.54, 1.807) is 19.1 Å². The lowest BCUT2D eigenvalue weighted by Crippen LogP contribution is -2.45. The third kappa shape index (κ3) is 2.23. The molecule has 0 aromatic heterocycles. The molecular formula is C15H21NO3S. The Morgan fingerprint density at radius 3 is 2.40 bits per heavy atom. The van der Waals surface area contributed by atoms with Crippen molar-refractivity contribution in [3.63, 3.8) is 0 Å². The summed E-state index contributed by atoms with van der Waals surface area (Å²) in [5.74, 6) is 0.121. The molecule has 2 aliphatic rings. The lowest BCUT2D eigenvalue weighted by atomic mass is 9.99. The van der Waals surface area contributed by atoms with Crippen LogP contribution in [0.5, 0.6) is 0 Å². The maximum atomic E-state index is 12.3. The van der Waals surface area contributed by atoms with E-state index in [0.29, 0.717) is 4.90 Å². The first-order valence-corrected chi connectivity index (χ1v) is 8.96. The molecule has 2 atom stereocenters. The number of piperidine rings is 1. The highest BCUT2D eigenvalue weighted by Gasteiger charge is 2.41. The van der Waals surface area contributed by atoms with E-state index in [4.69, 9.17) is 0 Å². The van der Waals surface area contributed by atoms with Gasteiger partial charge >= 0.3 is 0 Å². The summed E-state index contributed by atoms with van der Waals surface area (Å²) in [6.07, 6.45) is 3.34. The second-order valence-electron chi connectivity index (χ2n) is 5.79. The fraction of sp³-hybridized carbons (Fsp3) is 0.600. The Kier molecular flexibility index (Phi) is 3.50. The lowest BCUT2D eigenvalue weighted by molar-refractivity contribution is 0.126. The first-order chi connectivity index (χ1) is 9.53. The summed E-state index contributed by atoms with van der Waals surface area (Å²) in [5, 5.41) is 9.89. The van der Waals surface area contributed by atoms with Crippen LogP contribution in [-0.4, -0.2) is 37.5 Å². The minimum absolute atomic E-state index is 0.121. The Labute approximate surface area is 120 Å². The monoisotopic (exact) mass is 295 g/mol. The van der Waals surface area contributed by atoms with Gasteiger partial charge in [-0.25, -0.2) is 8.42 Å². The Balaban J connectivity index is 2.04. The molecule has 2 bridgehead atoms. The fourth-order valence-corrected chi connectivity index (χ4v) is 4.72. The van der Waals surface area contributed by atoms with Crippen molar-refractivity contribution in [1.82, 2.24) is 0 Å². The third-order valence-corrected chi connectivity index (χ3v) is 6.34. The Morgan fingerprint density at radius 2 is 1.80 bits per heavy atom. The number of hydrogen-bond acceptors (Lipinski definition) is 4. The predicted octanol–water partition coefficient (Wildman–Crippen LogP) is 1.97. The average Bonchev–Trinajstić information content (AvgIpc) is 2.71. The molecule has 20 heavy (non-hydrogen) atoms. The van der Waals surface area contributed by atoms with Gasteiger partial charge in [0.05, 0.1) is 22.4 Å². The number of benzene rings is 1. The summed E-state index contributed by atoms with van der Waals surface area (Å²) in [6, 6.07) is 7.85. The van der Waals surface area contributed by atoms with Crippen LogP contribution in [-0.2, 0) is 9.84 Å². The Bertz CT molecular complexity index is 585. The van der Waals surface area contributed by atoms with Crippen LogP contribution in [0, 0.1) is 0 Å². The largest absolute Gasteiger partial charge is 0.393 e. The van der Waals surface area contributed by atoms with Crippen molar-refractivity contribution in [1.29, 1.82) is 0 Å². The molecule has 2 heterocycles. The zero-order valence-electron chi connectivity index (χ0n) is 11.7. The van der Waals surface area contributed by atoms with Crippen LogP contribution in [0.25, 0.3) is 0 Å². The fourth-order valence-electron chi connectivity index (χ4n) is 3.63. The molecule has 3 rings (SSSR count). The first kappa shape index (κ1) is 13.9. The van der Waals surface area contributed by atoms with E-state index in [1.165, 1.54) is 0 Å². The highest BCUT2D eigenvalue weighted by molar-refractivity contribution is 7.91. The highest BCUT2D eigenvalue weighted by Crippen LogP contribution is 2.41. The molecule has 1 aromatic rings. The van der Waals surface area contributed by atoms with Crippen molar-refractivity contribution in [3.8, 4) is 0 Å². The summed E-state index contributed by atoms with van der Waals surface area (Å²) in [5.41, 5.74) is 0.828. The molecule has 0 aliphatic carbocycles. The SMILES string of the molecule is CCS(=O)(=O)c1ccccc1N1C2CCC1CC(O)C2. The molecule has 1 aromatic carbocycles. The predicted molar refractivity (Wildman–Crippen MR) is 78.7 cm³/mol. The quantitative estimate of drug-likeness (QED) is 0.926. The molecule has 1 N–H and O–H groups in total. The van der Waals surface area contributed by atoms with Crippen LogP contribution in [0.15, 0.2) is 29.2 Å². The van der Waals surface area contributed by atoms with E-state index in [9.17, 15) is 13.5 Å². The van der Waals surface area contributed by atoms with E-state index >= 15 is 0 Å². The van der Waals surface area contributed by atoms with Crippen molar-refractivity contribution in [2.45, 2.75) is 55.7 Å². The molecule has 2 saturated heterocycles. The van der Waals surface area contributed by atoms with Gasteiger partial charge < -0.3 is 10.0 Å². The van der Waals surface area contributed by atoms with Gasteiger partial charge in [-0.1, -0.05) is 19.1 Å². The molecule has 2 aliphatic heterocycles. The molecule has 0 amide bonds. The molecule has 0 saturated carbocycles. The molecule has 2 fully saturated rings. The molecule has 5 heteroatoms. The molecule has 2 unspecified atom stereocenters. The number of anilines is 1. The van der Waals surface area contributed by atoms with Crippen molar-refractivity contribution in [2.24, 2.45) is 0 Å². The number of aliphatic hydroxyl groups is 1. The highest BCUT2D eigenvalue weighted by atomic mass is 32.2. The summed E-state index contributed by atoms with van der Waals surface area (Å²) >= 11 is 0. The van der Waals surface area contributed by atoms with E-state index in [-0.39, 0.29) is 23.9 Å². The number of aliphatic hydroxyl groups excluding tert-OH is 1. The normalized spacial score (nSPS) is 29.7. The van der Waals surface area contributed by atoms with Crippen molar-refractivity contribution in [3.05, 3.63) is 24.3 Å². The molecule has 0 spiro atoms. The summed E-state index contributed by atoms with van der Waals surface area (Å²) in [4.78, 5) is 2.69. The third-order valence-electron chi connectivity index (χ3n) is 4.57. The summed E-state index contributed by atoms with van der Waals surface area (Å²) < 4.78 is 24.6. The molecule has 4 nitrogen and oxygen atoms in total. The number of sulfone groups is 1. The smallest absolute Gasteiger partial charge is 0.180 e. The van der Waals surface area contributed by atoms with Gasteiger partial charge in [0, 0.05) is 12.1 Å². The first-order valence-electron chi connectivity index (χ1n) is 7.31. The Hall–Kier alpha value is -1.07. The van der Waals surface area contributed by atoms with Crippen molar-refractivity contribution in [2.75, 3.05) is 10.7 Å². The van der Waals surface area contributed by atoms with Gasteiger partial charge in [-0.2, -0.15) is 0 Å². The molecule has 110 valence electrons. The van der Waals surface area contributed by atoms with Crippen molar-refractivity contribution < 1.29 is 13.5 Å². The van der Waals surface area contributed by atoms with E-state index in [2.05, 4.69) is 4.90 Å².